The fraction of sp³-hybridized carbons (Fsp3) is 0.333. The number of hydrogen-bond donors (Lipinski definition) is 0. The molecular formula is C12H13BrO5. The molecule has 0 aliphatic heterocycles. The number of hydrogen-bond acceptors (Lipinski definition) is 5. The summed E-state index contributed by atoms with van der Waals surface area (Å²) < 4.78 is 15.3. The van der Waals surface area contributed by atoms with E-state index in [0.29, 0.717) is 10.2 Å². The number of ketones is 1. The van der Waals surface area contributed by atoms with Gasteiger partial charge in [0.25, 0.3) is 5.78 Å². The lowest BCUT2D eigenvalue weighted by Crippen LogP contribution is -2.18. The molecule has 0 saturated carbocycles. The molecule has 0 saturated heterocycles. The van der Waals surface area contributed by atoms with Gasteiger partial charge in [0.15, 0.2) is 0 Å². The van der Waals surface area contributed by atoms with Gasteiger partial charge >= 0.3 is 5.97 Å². The van der Waals surface area contributed by atoms with E-state index in [1.807, 2.05) is 0 Å². The van der Waals surface area contributed by atoms with E-state index in [1.165, 1.54) is 20.3 Å². The quantitative estimate of drug-likeness (QED) is 0.473. The number of halogens is 1. The van der Waals surface area contributed by atoms with E-state index in [-0.39, 0.29) is 17.9 Å². The molecule has 0 aromatic heterocycles. The molecule has 0 amide bonds. The lowest BCUT2D eigenvalue weighted by atomic mass is 10.1. The SMILES string of the molecule is CCOC(=O)C(=O)c1cc(OC)cc(Br)c1OC. The van der Waals surface area contributed by atoms with Gasteiger partial charge in [-0.2, -0.15) is 0 Å². The van der Waals surface area contributed by atoms with Crippen molar-refractivity contribution in [2.75, 3.05) is 20.8 Å². The van der Waals surface area contributed by atoms with Gasteiger partial charge in [0.2, 0.25) is 0 Å². The van der Waals surface area contributed by atoms with Crippen LogP contribution < -0.4 is 9.47 Å². The van der Waals surface area contributed by atoms with Crippen molar-refractivity contribution in [1.29, 1.82) is 0 Å². The molecule has 5 nitrogen and oxygen atoms in total. The summed E-state index contributed by atoms with van der Waals surface area (Å²) in [4.78, 5) is 23.3. The largest absolute Gasteiger partial charge is 0.497 e. The number of rotatable bonds is 5. The summed E-state index contributed by atoms with van der Waals surface area (Å²) in [6.45, 7) is 1.77. The molecule has 0 heterocycles. The molecule has 0 N–H and O–H groups in total. The van der Waals surface area contributed by atoms with Crippen LogP contribution in [0, 0.1) is 0 Å². The van der Waals surface area contributed by atoms with E-state index < -0.39 is 11.8 Å². The number of carbonyl (C=O) groups is 2. The molecule has 0 atom stereocenters. The first-order valence-corrected chi connectivity index (χ1v) is 5.97. The summed E-state index contributed by atoms with van der Waals surface area (Å²) in [5.74, 6) is -0.978. The van der Waals surface area contributed by atoms with E-state index in [2.05, 4.69) is 20.7 Å². The third kappa shape index (κ3) is 3.01. The highest BCUT2D eigenvalue weighted by atomic mass is 79.9. The van der Waals surface area contributed by atoms with Crippen molar-refractivity contribution in [1.82, 2.24) is 0 Å². The second kappa shape index (κ2) is 6.39. The minimum atomic E-state index is -0.920. The second-order valence-corrected chi connectivity index (χ2v) is 4.09. The average Bonchev–Trinajstić information content (AvgIpc) is 2.37. The predicted octanol–water partition coefficient (Wildman–Crippen LogP) is 2.21. The topological polar surface area (TPSA) is 61.8 Å². The first-order chi connectivity index (χ1) is 8.54. The fourth-order valence-electron chi connectivity index (χ4n) is 1.37. The Morgan fingerprint density at radius 3 is 2.39 bits per heavy atom. The maximum Gasteiger partial charge on any atom is 0.379 e. The van der Waals surface area contributed by atoms with E-state index in [9.17, 15) is 9.59 Å². The van der Waals surface area contributed by atoms with Crippen LogP contribution in [-0.4, -0.2) is 32.6 Å². The molecule has 6 heteroatoms. The summed E-state index contributed by atoms with van der Waals surface area (Å²) in [7, 11) is 2.88. The lowest BCUT2D eigenvalue weighted by molar-refractivity contribution is -0.137. The zero-order valence-electron chi connectivity index (χ0n) is 10.3. The van der Waals surface area contributed by atoms with E-state index in [0.717, 1.165) is 0 Å². The zero-order chi connectivity index (χ0) is 13.7. The van der Waals surface area contributed by atoms with Crippen molar-refractivity contribution in [2.45, 2.75) is 6.92 Å². The summed E-state index contributed by atoms with van der Waals surface area (Å²) >= 11 is 3.25. The van der Waals surface area contributed by atoms with Crippen molar-refractivity contribution in [3.05, 3.63) is 22.2 Å². The molecule has 1 aromatic carbocycles. The van der Waals surface area contributed by atoms with Gasteiger partial charge in [-0.1, -0.05) is 0 Å². The zero-order valence-corrected chi connectivity index (χ0v) is 11.9. The summed E-state index contributed by atoms with van der Waals surface area (Å²) in [6.07, 6.45) is 0. The number of carbonyl (C=O) groups excluding carboxylic acids is 2. The van der Waals surface area contributed by atoms with Gasteiger partial charge in [0.1, 0.15) is 11.5 Å². The van der Waals surface area contributed by atoms with Crippen LogP contribution in [0.15, 0.2) is 16.6 Å². The maximum absolute atomic E-state index is 11.9. The van der Waals surface area contributed by atoms with Crippen molar-refractivity contribution in [3.63, 3.8) is 0 Å². The van der Waals surface area contributed by atoms with Crippen LogP contribution in [0.1, 0.15) is 17.3 Å². The van der Waals surface area contributed by atoms with Gasteiger partial charge in [-0.3, -0.25) is 4.79 Å². The summed E-state index contributed by atoms with van der Waals surface area (Å²) in [5.41, 5.74) is 0.0992. The third-order valence-electron chi connectivity index (χ3n) is 2.16. The molecule has 0 aliphatic carbocycles. The molecule has 1 aromatic rings. The normalized spacial score (nSPS) is 9.78. The van der Waals surface area contributed by atoms with Crippen LogP contribution in [0.2, 0.25) is 0 Å². The molecular weight excluding hydrogens is 304 g/mol. The number of esters is 1. The molecule has 0 unspecified atom stereocenters. The van der Waals surface area contributed by atoms with Crippen LogP contribution in [0.25, 0.3) is 0 Å². The van der Waals surface area contributed by atoms with Crippen LogP contribution in [-0.2, 0) is 9.53 Å². The van der Waals surface area contributed by atoms with Crippen LogP contribution in [0.3, 0.4) is 0 Å². The summed E-state index contributed by atoms with van der Waals surface area (Å²) in [5, 5.41) is 0. The molecule has 0 spiro atoms. The lowest BCUT2D eigenvalue weighted by Gasteiger charge is -2.11. The molecule has 1 rings (SSSR count). The van der Waals surface area contributed by atoms with Crippen molar-refractivity contribution in [2.24, 2.45) is 0 Å². The van der Waals surface area contributed by atoms with Crippen molar-refractivity contribution in [3.8, 4) is 11.5 Å². The Labute approximate surface area is 113 Å². The Kier molecular flexibility index (Phi) is 5.15. The van der Waals surface area contributed by atoms with Crippen LogP contribution in [0.4, 0.5) is 0 Å². The van der Waals surface area contributed by atoms with Gasteiger partial charge in [0.05, 0.1) is 30.9 Å². The molecule has 0 aliphatic rings. The Morgan fingerprint density at radius 1 is 1.22 bits per heavy atom. The molecule has 0 fully saturated rings. The van der Waals surface area contributed by atoms with Crippen molar-refractivity contribution < 1.29 is 23.8 Å². The Hall–Kier alpha value is -1.56. The minimum absolute atomic E-state index is 0.0992. The van der Waals surface area contributed by atoms with Gasteiger partial charge in [-0.05, 0) is 35.0 Å². The smallest absolute Gasteiger partial charge is 0.379 e. The first kappa shape index (κ1) is 14.5. The molecule has 0 bridgehead atoms. The van der Waals surface area contributed by atoms with Crippen molar-refractivity contribution >= 4 is 27.7 Å². The standard InChI is InChI=1S/C12H13BrO5/c1-4-18-12(15)10(14)8-5-7(16-2)6-9(13)11(8)17-3/h5-6H,4H2,1-3H3. The molecule has 98 valence electrons. The minimum Gasteiger partial charge on any atom is -0.497 e. The maximum atomic E-state index is 11.9. The van der Waals surface area contributed by atoms with Crippen LogP contribution >= 0.6 is 15.9 Å². The van der Waals surface area contributed by atoms with Gasteiger partial charge in [-0.15, -0.1) is 0 Å². The highest BCUT2D eigenvalue weighted by molar-refractivity contribution is 9.10. The van der Waals surface area contributed by atoms with Crippen LogP contribution in [0.5, 0.6) is 11.5 Å². The third-order valence-corrected chi connectivity index (χ3v) is 2.75. The monoisotopic (exact) mass is 316 g/mol. The first-order valence-electron chi connectivity index (χ1n) is 5.18. The van der Waals surface area contributed by atoms with E-state index in [1.54, 1.807) is 13.0 Å². The predicted molar refractivity (Wildman–Crippen MR) is 68.2 cm³/mol. The van der Waals surface area contributed by atoms with Gasteiger partial charge in [0, 0.05) is 0 Å². The Bertz CT molecular complexity index is 470. The molecule has 0 radical (unpaired) electrons. The number of Topliss-reactive ketones (excluding diaryl/α,β-unsaturated/α-hetero) is 1. The van der Waals surface area contributed by atoms with Gasteiger partial charge in [-0.25, -0.2) is 4.79 Å². The average molecular weight is 317 g/mol. The highest BCUT2D eigenvalue weighted by Gasteiger charge is 2.24. The Balaban J connectivity index is 3.24. The van der Waals surface area contributed by atoms with Gasteiger partial charge < -0.3 is 14.2 Å². The highest BCUT2D eigenvalue weighted by Crippen LogP contribution is 2.33. The van der Waals surface area contributed by atoms with E-state index >= 15 is 0 Å². The second-order valence-electron chi connectivity index (χ2n) is 3.24. The number of methoxy groups -OCH3 is 2. The summed E-state index contributed by atoms with van der Waals surface area (Å²) in [6, 6.07) is 3.07. The number of ether oxygens (including phenoxy) is 3. The molecule has 18 heavy (non-hydrogen) atoms. The fourth-order valence-corrected chi connectivity index (χ4v) is 1.97. The van der Waals surface area contributed by atoms with E-state index in [4.69, 9.17) is 9.47 Å². The Morgan fingerprint density at radius 2 is 1.89 bits per heavy atom. The number of benzene rings is 1.